The van der Waals surface area contributed by atoms with Crippen LogP contribution in [0.2, 0.25) is 5.02 Å². The molecule has 0 aliphatic rings. The molecule has 1 nitrogen and oxygen atoms in total. The lowest BCUT2D eigenvalue weighted by molar-refractivity contribution is 0.684. The van der Waals surface area contributed by atoms with Crippen molar-refractivity contribution in [3.05, 3.63) is 29.3 Å². The summed E-state index contributed by atoms with van der Waals surface area (Å²) >= 11 is 5.70. The van der Waals surface area contributed by atoms with Crippen LogP contribution in [0.1, 0.15) is 6.92 Å². The monoisotopic (exact) mass is 202 g/mol. The van der Waals surface area contributed by atoms with E-state index in [0.717, 1.165) is 4.90 Å². The van der Waals surface area contributed by atoms with Gasteiger partial charge in [-0.1, -0.05) is 11.6 Å². The third-order valence-electron chi connectivity index (χ3n) is 1.73. The average molecular weight is 203 g/mol. The third kappa shape index (κ3) is 2.02. The summed E-state index contributed by atoms with van der Waals surface area (Å²) in [6.45, 7) is 1.80. The molecule has 0 fully saturated rings. The Bertz CT molecular complexity index is 372. The summed E-state index contributed by atoms with van der Waals surface area (Å²) in [5.74, 6) is 0. The van der Waals surface area contributed by atoms with Crippen LogP contribution in [0.25, 0.3) is 0 Å². The second-order valence-corrected chi connectivity index (χ2v) is 5.78. The van der Waals surface area contributed by atoms with Crippen LogP contribution in [0.4, 0.5) is 0 Å². The van der Waals surface area contributed by atoms with Crippen LogP contribution < -0.4 is 0 Å². The van der Waals surface area contributed by atoms with Crippen LogP contribution in [0.3, 0.4) is 0 Å². The maximum absolute atomic E-state index is 11.8. The smallest absolute Gasteiger partial charge is 0.0406 e. The minimum Gasteiger partial charge on any atom is -0.263 e. The minimum absolute atomic E-state index is 0.671. The Morgan fingerprint density at radius 1 is 1.33 bits per heavy atom. The first-order valence-corrected chi connectivity index (χ1v) is 6.01. The third-order valence-corrected chi connectivity index (χ3v) is 4.09. The van der Waals surface area contributed by atoms with E-state index in [1.807, 2.05) is 0 Å². The number of rotatable bonds is 1. The lowest BCUT2D eigenvalue weighted by Crippen LogP contribution is -1.99. The van der Waals surface area contributed by atoms with Crippen LogP contribution in [-0.4, -0.2) is 15.8 Å². The quantitative estimate of drug-likeness (QED) is 0.640. The fraction of sp³-hybridized carbons (Fsp3) is 0.222. The number of hydrogen-bond acceptors (Lipinski definition) is 1. The average Bonchev–Trinajstić information content (AvgIpc) is 2.05. The Morgan fingerprint density at radius 2 is 1.83 bits per heavy atom. The van der Waals surface area contributed by atoms with E-state index >= 15 is 0 Å². The molecule has 12 heavy (non-hydrogen) atoms. The first-order chi connectivity index (χ1) is 5.56. The first kappa shape index (κ1) is 9.62. The van der Waals surface area contributed by atoms with E-state index in [-0.39, 0.29) is 0 Å². The minimum atomic E-state index is -1.95. The van der Waals surface area contributed by atoms with Gasteiger partial charge in [0.2, 0.25) is 0 Å². The maximum atomic E-state index is 11.8. The van der Waals surface area contributed by atoms with E-state index in [4.69, 9.17) is 11.6 Å². The summed E-state index contributed by atoms with van der Waals surface area (Å²) in [4.78, 5) is 0.828. The highest BCUT2D eigenvalue weighted by atomic mass is 35.5. The Hall–Kier alpha value is -0.470. The Morgan fingerprint density at radius 3 is 2.25 bits per heavy atom. The molecule has 0 heterocycles. The molecule has 0 saturated heterocycles. The van der Waals surface area contributed by atoms with E-state index in [1.165, 1.54) is 0 Å². The normalized spacial score (nSPS) is 15.2. The molecular weight excluding hydrogens is 192 g/mol. The Kier molecular flexibility index (Phi) is 2.80. The molecule has 0 radical (unpaired) electrons. The molecule has 1 rings (SSSR count). The summed E-state index contributed by atoms with van der Waals surface area (Å²) in [5.41, 5.74) is 0. The van der Waals surface area contributed by atoms with Gasteiger partial charge in [-0.15, -0.1) is 0 Å². The molecule has 1 atom stereocenters. The standard InChI is InChI=1S/C9H11ClOS/c1-3-12(2,11)9-6-4-8(10)5-7-9/h3-7H,1-2H3. The molecule has 0 amide bonds. The van der Waals surface area contributed by atoms with Crippen LogP contribution in [-0.2, 0) is 9.52 Å². The van der Waals surface area contributed by atoms with Gasteiger partial charge in [0.15, 0.2) is 0 Å². The van der Waals surface area contributed by atoms with Gasteiger partial charge in [0.1, 0.15) is 0 Å². The molecule has 0 saturated carbocycles. The number of halogens is 1. The van der Waals surface area contributed by atoms with Crippen molar-refractivity contribution >= 4 is 26.5 Å². The van der Waals surface area contributed by atoms with Gasteiger partial charge in [-0.2, -0.15) is 0 Å². The van der Waals surface area contributed by atoms with E-state index in [2.05, 4.69) is 0 Å². The molecule has 0 bridgehead atoms. The topological polar surface area (TPSA) is 17.1 Å². The van der Waals surface area contributed by atoms with E-state index in [9.17, 15) is 4.21 Å². The molecular formula is C9H11ClOS. The summed E-state index contributed by atoms with van der Waals surface area (Å²) in [6.07, 6.45) is 1.72. The highest BCUT2D eigenvalue weighted by Gasteiger charge is 2.00. The fourth-order valence-corrected chi connectivity index (χ4v) is 1.92. The van der Waals surface area contributed by atoms with Crippen LogP contribution in [0.15, 0.2) is 29.2 Å². The highest BCUT2D eigenvalue weighted by Crippen LogP contribution is 2.13. The molecule has 0 aliphatic heterocycles. The zero-order valence-corrected chi connectivity index (χ0v) is 8.65. The van der Waals surface area contributed by atoms with Crippen molar-refractivity contribution in [3.63, 3.8) is 0 Å². The molecule has 66 valence electrons. The van der Waals surface area contributed by atoms with Gasteiger partial charge in [-0.3, -0.25) is 4.21 Å². The Labute approximate surface area is 78.4 Å². The van der Waals surface area contributed by atoms with Crippen molar-refractivity contribution in [2.24, 2.45) is 0 Å². The van der Waals surface area contributed by atoms with Gasteiger partial charge in [0.05, 0.1) is 0 Å². The van der Waals surface area contributed by atoms with Gasteiger partial charge >= 0.3 is 0 Å². The SMILES string of the molecule is CC=S(C)(=O)c1ccc(Cl)cc1. The van der Waals surface area contributed by atoms with Crippen LogP contribution in [0.5, 0.6) is 0 Å². The number of hydrogen-bond donors (Lipinski definition) is 0. The summed E-state index contributed by atoms with van der Waals surface area (Å²) in [5, 5.41) is 2.39. The summed E-state index contributed by atoms with van der Waals surface area (Å²) < 4.78 is 11.8. The van der Waals surface area contributed by atoms with Gasteiger partial charge in [-0.25, -0.2) is 0 Å². The molecule has 0 N–H and O–H groups in total. The lowest BCUT2D eigenvalue weighted by atomic mass is 10.4. The zero-order chi connectivity index (χ0) is 9.19. The predicted molar refractivity (Wildman–Crippen MR) is 55.5 cm³/mol. The van der Waals surface area contributed by atoms with Gasteiger partial charge in [0.25, 0.3) is 0 Å². The van der Waals surface area contributed by atoms with Crippen LogP contribution >= 0.6 is 11.6 Å². The van der Waals surface area contributed by atoms with Gasteiger partial charge in [-0.05, 0) is 46.1 Å². The summed E-state index contributed by atoms with van der Waals surface area (Å²) in [6, 6.07) is 7.10. The lowest BCUT2D eigenvalue weighted by Gasteiger charge is -2.02. The van der Waals surface area contributed by atoms with Crippen molar-refractivity contribution < 1.29 is 4.21 Å². The maximum Gasteiger partial charge on any atom is 0.0406 e. The zero-order valence-electron chi connectivity index (χ0n) is 7.08. The van der Waals surface area contributed by atoms with Crippen molar-refractivity contribution in [3.8, 4) is 0 Å². The van der Waals surface area contributed by atoms with E-state index in [0.29, 0.717) is 5.02 Å². The molecule has 0 spiro atoms. The first-order valence-electron chi connectivity index (χ1n) is 3.60. The number of benzene rings is 1. The van der Waals surface area contributed by atoms with Gasteiger partial charge < -0.3 is 0 Å². The Balaban J connectivity index is 3.24. The van der Waals surface area contributed by atoms with Crippen molar-refractivity contribution in [1.29, 1.82) is 0 Å². The predicted octanol–water partition coefficient (Wildman–Crippen LogP) is 2.44. The molecule has 1 unspecified atom stereocenters. The molecule has 0 aliphatic carbocycles. The van der Waals surface area contributed by atoms with E-state index in [1.54, 1.807) is 42.8 Å². The fourth-order valence-electron chi connectivity index (χ4n) is 0.841. The van der Waals surface area contributed by atoms with Crippen LogP contribution in [0, 0.1) is 0 Å². The summed E-state index contributed by atoms with van der Waals surface area (Å²) in [7, 11) is -1.95. The van der Waals surface area contributed by atoms with E-state index < -0.39 is 9.52 Å². The largest absolute Gasteiger partial charge is 0.263 e. The second kappa shape index (κ2) is 3.50. The molecule has 1 aromatic carbocycles. The molecule has 3 heteroatoms. The molecule has 0 aromatic heterocycles. The van der Waals surface area contributed by atoms with Crippen molar-refractivity contribution in [1.82, 2.24) is 0 Å². The van der Waals surface area contributed by atoms with Gasteiger partial charge in [0, 0.05) is 16.2 Å². The van der Waals surface area contributed by atoms with Crippen molar-refractivity contribution in [2.75, 3.05) is 6.26 Å². The van der Waals surface area contributed by atoms with Crippen molar-refractivity contribution in [2.45, 2.75) is 11.8 Å². The highest BCUT2D eigenvalue weighted by molar-refractivity contribution is 8.00. The molecule has 1 aromatic rings. The second-order valence-electron chi connectivity index (χ2n) is 2.59.